The number of halogens is 1. The molecule has 0 bridgehead atoms. The van der Waals surface area contributed by atoms with Gasteiger partial charge in [0.25, 0.3) is 0 Å². The summed E-state index contributed by atoms with van der Waals surface area (Å²) in [5.74, 6) is 0. The number of hydrogen-bond acceptors (Lipinski definition) is 3. The van der Waals surface area contributed by atoms with Crippen molar-refractivity contribution in [3.8, 4) is 0 Å². The molecule has 4 heteroatoms. The fourth-order valence-electron chi connectivity index (χ4n) is 0.756. The third kappa shape index (κ3) is 1.84. The van der Waals surface area contributed by atoms with E-state index in [-0.39, 0.29) is 9.37 Å². The molecule has 1 aromatic heterocycles. The first kappa shape index (κ1) is 2.70. The highest BCUT2D eigenvalue weighted by atomic mass is 79.9. The molecule has 0 aromatic carbocycles. The molecule has 0 atom stereocenters. The van der Waals surface area contributed by atoms with E-state index in [1.165, 1.54) is 0 Å². The molecule has 0 aliphatic carbocycles. The molecule has 0 amide bonds. The summed E-state index contributed by atoms with van der Waals surface area (Å²) in [6, 6.07) is -0.580. The lowest BCUT2D eigenvalue weighted by Gasteiger charge is -2.39. The molecule has 1 aliphatic heterocycles. The van der Waals surface area contributed by atoms with Crippen molar-refractivity contribution in [2.75, 3.05) is 24.9 Å². The summed E-state index contributed by atoms with van der Waals surface area (Å²) in [5.41, 5.74) is -0.620. The van der Waals surface area contributed by atoms with Crippen molar-refractivity contribution in [1.82, 2.24) is 4.98 Å². The van der Waals surface area contributed by atoms with Crippen LogP contribution in [-0.4, -0.2) is 31.1 Å². The summed E-state index contributed by atoms with van der Waals surface area (Å²) in [5, 5.41) is 0. The number of ether oxygens (including phenoxy) is 1. The molecule has 3 nitrogen and oxygen atoms in total. The minimum Gasteiger partial charge on any atom is -0.378 e. The van der Waals surface area contributed by atoms with Crippen LogP contribution >= 0.6 is 15.9 Å². The van der Waals surface area contributed by atoms with Crippen molar-refractivity contribution in [2.45, 2.75) is 6.08 Å². The lowest BCUT2D eigenvalue weighted by molar-refractivity contribution is 0.0787. The largest absolute Gasteiger partial charge is 0.378 e. The molecule has 0 spiro atoms. The maximum absolute atomic E-state index is 7.90. The van der Waals surface area contributed by atoms with Crippen molar-refractivity contribution in [3.05, 3.63) is 22.9 Å². The number of anilines is 1. The minimum absolute atomic E-state index is 0.195. The number of pyridine rings is 1. The molecule has 1 aliphatic rings. The van der Waals surface area contributed by atoms with Crippen LogP contribution in [0.3, 0.4) is 0 Å². The Kier molecular flexibility index (Phi) is 0.756. The molecule has 0 saturated carbocycles. The van der Waals surface area contributed by atoms with Gasteiger partial charge in [-0.1, -0.05) is 0 Å². The highest BCUT2D eigenvalue weighted by Crippen LogP contribution is 2.23. The van der Waals surface area contributed by atoms with Crippen LogP contribution in [0.2, 0.25) is 0 Å². The lowest BCUT2D eigenvalue weighted by Crippen LogP contribution is -2.51. The van der Waals surface area contributed by atoms with Crippen LogP contribution in [-0.2, 0) is 4.74 Å². The fourth-order valence-corrected chi connectivity index (χ4v) is 1.03. The van der Waals surface area contributed by atoms with Gasteiger partial charge in [0, 0.05) is 30.7 Å². The van der Waals surface area contributed by atoms with Crippen LogP contribution < -0.4 is 4.90 Å². The van der Waals surface area contributed by atoms with Gasteiger partial charge in [0.2, 0.25) is 0 Å². The van der Waals surface area contributed by atoms with Crippen molar-refractivity contribution in [2.24, 2.45) is 0 Å². The van der Waals surface area contributed by atoms with E-state index in [1.807, 2.05) is 0 Å². The van der Waals surface area contributed by atoms with Gasteiger partial charge in [-0.05, 0) is 22.0 Å². The van der Waals surface area contributed by atoms with E-state index < -0.39 is 50.2 Å². The second kappa shape index (κ2) is 3.64. The predicted molar refractivity (Wildman–Crippen MR) is 54.9 cm³/mol. The molecule has 0 unspecified atom stereocenters. The first-order valence-electron chi connectivity index (χ1n) is 8.72. The van der Waals surface area contributed by atoms with Crippen molar-refractivity contribution < 1.29 is 19.8 Å². The molecule has 70 valence electrons. The zero-order valence-electron chi connectivity index (χ0n) is 17.2. The molecule has 13 heavy (non-hydrogen) atoms. The zero-order chi connectivity index (χ0) is 18.9. The average molecular weight is 254 g/mol. The van der Waals surface area contributed by atoms with Crippen LogP contribution in [0.4, 0.5) is 5.69 Å². The summed E-state index contributed by atoms with van der Waals surface area (Å²) in [7, 11) is -3.23. The Labute approximate surface area is 101 Å². The van der Waals surface area contributed by atoms with Gasteiger partial charge < -0.3 is 9.64 Å². The topological polar surface area (TPSA) is 25.4 Å². The standard InChI is InChI=1S/C9H11BrN2O/c1-13-9-5-12(6-9)8-2-7(10)3-11-4-8/h2-4,9H,5-6H2,1H3/i1D3,2D,3D,4D,5D2,6D2,9D. The Morgan fingerprint density at radius 2 is 2.77 bits per heavy atom. The quantitative estimate of drug-likeness (QED) is 0.802. The predicted octanol–water partition coefficient (Wildman–Crippen LogP) is 1.68. The monoisotopic (exact) mass is 253 g/mol. The van der Waals surface area contributed by atoms with Crippen molar-refractivity contribution >= 4 is 21.6 Å². The highest BCUT2D eigenvalue weighted by molar-refractivity contribution is 9.10. The summed E-state index contributed by atoms with van der Waals surface area (Å²) in [6.07, 6.45) is -4.35. The van der Waals surface area contributed by atoms with Gasteiger partial charge in [-0.3, -0.25) is 4.98 Å². The minimum atomic E-state index is -3.23. The van der Waals surface area contributed by atoms with E-state index in [2.05, 4.69) is 25.7 Å². The molecule has 0 radical (unpaired) electrons. The van der Waals surface area contributed by atoms with Crippen LogP contribution in [0.1, 0.15) is 15.1 Å². The van der Waals surface area contributed by atoms with E-state index in [0.29, 0.717) is 0 Å². The van der Waals surface area contributed by atoms with Crippen LogP contribution in [0.15, 0.2) is 22.9 Å². The van der Waals surface area contributed by atoms with E-state index in [9.17, 15) is 0 Å². The molecular formula is C9H11BrN2O. The Bertz CT molecular complexity index is 675. The molecule has 2 heterocycles. The van der Waals surface area contributed by atoms with Crippen molar-refractivity contribution in [3.63, 3.8) is 0 Å². The first-order chi connectivity index (χ1) is 10.6. The van der Waals surface area contributed by atoms with Gasteiger partial charge >= 0.3 is 0 Å². The second-order valence-electron chi connectivity index (χ2n) is 2.11. The van der Waals surface area contributed by atoms with Crippen LogP contribution in [0, 0.1) is 0 Å². The SMILES string of the molecule is [2H]c1nc([2H])c(N2C([2H])([2H])C([2H])(OC([2H])([2H])[2H])C2([2H])[2H])c([2H])c1Br. The van der Waals surface area contributed by atoms with Gasteiger partial charge in [0.15, 0.2) is 0 Å². The Hall–Kier alpha value is -0.610. The molecular weight excluding hydrogens is 232 g/mol. The van der Waals surface area contributed by atoms with Crippen molar-refractivity contribution in [1.29, 1.82) is 0 Å². The van der Waals surface area contributed by atoms with Gasteiger partial charge in [-0.2, -0.15) is 0 Å². The number of rotatable bonds is 2. The van der Waals surface area contributed by atoms with Gasteiger partial charge in [-0.25, -0.2) is 0 Å². The van der Waals surface area contributed by atoms with E-state index in [0.717, 1.165) is 0 Å². The van der Waals surface area contributed by atoms with E-state index >= 15 is 0 Å². The Morgan fingerprint density at radius 3 is 3.54 bits per heavy atom. The van der Waals surface area contributed by atoms with Gasteiger partial charge in [0.05, 0.1) is 33.0 Å². The number of nitrogens with zero attached hydrogens (tertiary/aromatic N) is 2. The normalized spacial score (nSPS) is 40.7. The summed E-state index contributed by atoms with van der Waals surface area (Å²) in [6.45, 7) is -6.03. The van der Waals surface area contributed by atoms with Gasteiger partial charge in [-0.15, -0.1) is 0 Å². The van der Waals surface area contributed by atoms with Crippen LogP contribution in [0.25, 0.3) is 0 Å². The summed E-state index contributed by atoms with van der Waals surface area (Å²) >= 11 is 2.88. The molecule has 1 aromatic rings. The van der Waals surface area contributed by atoms with E-state index in [1.54, 1.807) is 0 Å². The van der Waals surface area contributed by atoms with E-state index in [4.69, 9.17) is 15.1 Å². The van der Waals surface area contributed by atoms with Crippen LogP contribution in [0.5, 0.6) is 0 Å². The smallest absolute Gasteiger partial charge is 0.0920 e. The average Bonchev–Trinajstić information content (AvgIpc) is 2.38. The zero-order valence-corrected chi connectivity index (χ0v) is 7.77. The lowest BCUT2D eigenvalue weighted by atomic mass is 10.1. The van der Waals surface area contributed by atoms with Gasteiger partial charge in [0.1, 0.15) is 0 Å². The number of aromatic nitrogens is 1. The molecule has 0 N–H and O–H groups in total. The fraction of sp³-hybridized carbons (Fsp3) is 0.444. The first-order valence-corrected chi connectivity index (χ1v) is 4.01. The number of hydrogen-bond donors (Lipinski definition) is 0. The molecule has 2 rings (SSSR count). The third-order valence-corrected chi connectivity index (χ3v) is 1.67. The molecule has 1 saturated heterocycles. The highest BCUT2D eigenvalue weighted by Gasteiger charge is 2.26. The molecule has 1 fully saturated rings. The third-order valence-electron chi connectivity index (χ3n) is 1.30. The summed E-state index contributed by atoms with van der Waals surface area (Å²) in [4.78, 5) is 3.73. The number of methoxy groups -OCH3 is 1. The Balaban J connectivity index is 2.62. The second-order valence-corrected chi connectivity index (χ2v) is 2.91. The maximum atomic E-state index is 7.90. The Morgan fingerprint density at radius 1 is 1.92 bits per heavy atom. The maximum Gasteiger partial charge on any atom is 0.0920 e. The summed E-state index contributed by atoms with van der Waals surface area (Å²) < 4.78 is 87.8.